The van der Waals surface area contributed by atoms with E-state index in [1.165, 1.54) is 24.5 Å². The molecule has 0 saturated carbocycles. The van der Waals surface area contributed by atoms with Gasteiger partial charge in [-0.2, -0.15) is 0 Å². The van der Waals surface area contributed by atoms with Gasteiger partial charge in [-0.3, -0.25) is 4.79 Å². The Kier molecular flexibility index (Phi) is 5.36. The summed E-state index contributed by atoms with van der Waals surface area (Å²) in [5.74, 6) is 0.591. The molecule has 7 heteroatoms. The van der Waals surface area contributed by atoms with Gasteiger partial charge >= 0.3 is 0 Å². The largest absolute Gasteiger partial charge is 0.467 e. The number of halogens is 1. The van der Waals surface area contributed by atoms with Crippen LogP contribution in [0.1, 0.15) is 21.7 Å². The molecule has 0 aliphatic rings. The van der Waals surface area contributed by atoms with Crippen molar-refractivity contribution in [3.8, 4) is 0 Å². The first kappa shape index (κ1) is 16.6. The molecule has 1 aromatic carbocycles. The predicted molar refractivity (Wildman–Crippen MR) is 90.5 cm³/mol. The number of carbonyl (C=O) groups is 1. The molecule has 3 rings (SSSR count). The number of amides is 1. The van der Waals surface area contributed by atoms with Gasteiger partial charge in [0.25, 0.3) is 5.91 Å². The van der Waals surface area contributed by atoms with Gasteiger partial charge in [-0.05, 0) is 36.2 Å². The van der Waals surface area contributed by atoms with Crippen molar-refractivity contribution in [2.24, 2.45) is 0 Å². The molecular formula is C18H17FN4O2. The molecule has 0 aliphatic heterocycles. The molecule has 0 saturated heterocycles. The number of nitrogens with one attached hydrogen (secondary N) is 2. The molecule has 2 aromatic heterocycles. The lowest BCUT2D eigenvalue weighted by Gasteiger charge is -2.06. The minimum Gasteiger partial charge on any atom is -0.467 e. The molecule has 0 radical (unpaired) electrons. The summed E-state index contributed by atoms with van der Waals surface area (Å²) in [7, 11) is 0. The molecule has 0 bridgehead atoms. The van der Waals surface area contributed by atoms with Crippen molar-refractivity contribution in [1.82, 2.24) is 15.3 Å². The number of aromatic nitrogens is 2. The summed E-state index contributed by atoms with van der Waals surface area (Å²) in [5, 5.41) is 5.79. The molecule has 6 nitrogen and oxygen atoms in total. The van der Waals surface area contributed by atoms with Gasteiger partial charge < -0.3 is 15.1 Å². The van der Waals surface area contributed by atoms with Crippen LogP contribution in [0.15, 0.2) is 59.5 Å². The first-order chi connectivity index (χ1) is 12.2. The van der Waals surface area contributed by atoms with Crippen LogP contribution in [-0.2, 0) is 13.0 Å². The Morgan fingerprint density at radius 3 is 2.56 bits per heavy atom. The SMILES string of the molecule is O=C(NCc1ccco1)c1cnc(NCCc2ccc(F)cc2)nc1. The number of nitrogens with zero attached hydrogens (tertiary/aromatic N) is 2. The van der Waals surface area contributed by atoms with E-state index in [1.54, 1.807) is 30.5 Å². The Balaban J connectivity index is 1.46. The summed E-state index contributed by atoms with van der Waals surface area (Å²) < 4.78 is 18.0. The number of furan rings is 1. The van der Waals surface area contributed by atoms with Crippen LogP contribution in [0, 0.1) is 5.82 Å². The highest BCUT2D eigenvalue weighted by atomic mass is 19.1. The number of anilines is 1. The first-order valence-corrected chi connectivity index (χ1v) is 7.81. The lowest BCUT2D eigenvalue weighted by Crippen LogP contribution is -2.23. The average Bonchev–Trinajstić information content (AvgIpc) is 3.15. The first-order valence-electron chi connectivity index (χ1n) is 7.81. The maximum absolute atomic E-state index is 12.8. The number of benzene rings is 1. The van der Waals surface area contributed by atoms with Crippen molar-refractivity contribution in [2.45, 2.75) is 13.0 Å². The molecule has 0 unspecified atom stereocenters. The maximum atomic E-state index is 12.8. The topological polar surface area (TPSA) is 80.0 Å². The molecule has 25 heavy (non-hydrogen) atoms. The van der Waals surface area contributed by atoms with Gasteiger partial charge in [0.1, 0.15) is 11.6 Å². The minimum atomic E-state index is -0.269. The second kappa shape index (κ2) is 8.05. The summed E-state index contributed by atoms with van der Waals surface area (Å²) in [6, 6.07) is 9.89. The third-order valence-electron chi connectivity index (χ3n) is 3.53. The second-order valence-corrected chi connectivity index (χ2v) is 5.36. The van der Waals surface area contributed by atoms with Gasteiger partial charge in [0.2, 0.25) is 5.95 Å². The predicted octanol–water partition coefficient (Wildman–Crippen LogP) is 2.79. The molecule has 128 valence electrons. The Labute approximate surface area is 144 Å². The van der Waals surface area contributed by atoms with E-state index in [-0.39, 0.29) is 11.7 Å². The molecule has 3 aromatic rings. The van der Waals surface area contributed by atoms with Crippen LogP contribution in [0.5, 0.6) is 0 Å². The number of hydrogen-bond acceptors (Lipinski definition) is 5. The highest BCUT2D eigenvalue weighted by molar-refractivity contribution is 5.93. The third-order valence-corrected chi connectivity index (χ3v) is 3.53. The molecule has 0 aliphatic carbocycles. The molecule has 0 spiro atoms. The monoisotopic (exact) mass is 340 g/mol. The Morgan fingerprint density at radius 1 is 1.12 bits per heavy atom. The minimum absolute atomic E-state index is 0.249. The van der Waals surface area contributed by atoms with Gasteiger partial charge in [0, 0.05) is 18.9 Å². The van der Waals surface area contributed by atoms with E-state index in [9.17, 15) is 9.18 Å². The Hall–Kier alpha value is -3.22. The molecule has 2 heterocycles. The highest BCUT2D eigenvalue weighted by Crippen LogP contribution is 2.05. The van der Waals surface area contributed by atoms with E-state index >= 15 is 0 Å². The fourth-order valence-electron chi connectivity index (χ4n) is 2.19. The van der Waals surface area contributed by atoms with E-state index < -0.39 is 0 Å². The van der Waals surface area contributed by atoms with Gasteiger partial charge in [-0.1, -0.05) is 12.1 Å². The van der Waals surface area contributed by atoms with Crippen LogP contribution < -0.4 is 10.6 Å². The molecule has 2 N–H and O–H groups in total. The highest BCUT2D eigenvalue weighted by Gasteiger charge is 2.07. The third kappa shape index (κ3) is 4.87. The molecular weight excluding hydrogens is 323 g/mol. The van der Waals surface area contributed by atoms with Crippen molar-refractivity contribution in [2.75, 3.05) is 11.9 Å². The van der Waals surface area contributed by atoms with E-state index in [1.807, 2.05) is 0 Å². The van der Waals surface area contributed by atoms with Crippen LogP contribution in [0.25, 0.3) is 0 Å². The standard InChI is InChI=1S/C18H17FN4O2/c19-15-5-3-13(4-6-15)7-8-20-18-22-10-14(11-23-18)17(24)21-12-16-2-1-9-25-16/h1-6,9-11H,7-8,12H2,(H,21,24)(H,20,22,23). The fraction of sp³-hybridized carbons (Fsp3) is 0.167. The van der Waals surface area contributed by atoms with Gasteiger partial charge in [0.15, 0.2) is 0 Å². The van der Waals surface area contributed by atoms with Crippen LogP contribution in [-0.4, -0.2) is 22.4 Å². The van der Waals surface area contributed by atoms with Crippen LogP contribution in [0.4, 0.5) is 10.3 Å². The number of rotatable bonds is 7. The lowest BCUT2D eigenvalue weighted by atomic mass is 10.1. The van der Waals surface area contributed by atoms with Crippen molar-refractivity contribution in [3.63, 3.8) is 0 Å². The maximum Gasteiger partial charge on any atom is 0.254 e. The molecule has 0 atom stereocenters. The summed E-state index contributed by atoms with van der Waals surface area (Å²) >= 11 is 0. The normalized spacial score (nSPS) is 10.4. The van der Waals surface area contributed by atoms with Crippen molar-refractivity contribution in [3.05, 3.63) is 77.8 Å². The summed E-state index contributed by atoms with van der Waals surface area (Å²) in [4.78, 5) is 20.2. The van der Waals surface area contributed by atoms with E-state index in [2.05, 4.69) is 20.6 Å². The van der Waals surface area contributed by atoms with Crippen LogP contribution in [0.2, 0.25) is 0 Å². The van der Waals surface area contributed by atoms with Gasteiger partial charge in [-0.25, -0.2) is 14.4 Å². The van der Waals surface area contributed by atoms with E-state index in [0.717, 1.165) is 12.0 Å². The van der Waals surface area contributed by atoms with Crippen molar-refractivity contribution in [1.29, 1.82) is 0 Å². The quantitative estimate of drug-likeness (QED) is 0.691. The van der Waals surface area contributed by atoms with E-state index in [4.69, 9.17) is 4.42 Å². The fourth-order valence-corrected chi connectivity index (χ4v) is 2.19. The zero-order valence-electron chi connectivity index (χ0n) is 13.4. The van der Waals surface area contributed by atoms with Crippen LogP contribution >= 0.6 is 0 Å². The van der Waals surface area contributed by atoms with Crippen molar-refractivity contribution < 1.29 is 13.6 Å². The van der Waals surface area contributed by atoms with Crippen molar-refractivity contribution >= 4 is 11.9 Å². The van der Waals surface area contributed by atoms with E-state index in [0.29, 0.717) is 30.4 Å². The van der Waals surface area contributed by atoms with Crippen LogP contribution in [0.3, 0.4) is 0 Å². The number of carbonyl (C=O) groups excluding carboxylic acids is 1. The second-order valence-electron chi connectivity index (χ2n) is 5.36. The average molecular weight is 340 g/mol. The summed E-state index contributed by atoms with van der Waals surface area (Å²) in [6.45, 7) is 0.916. The molecule has 0 fully saturated rings. The number of hydrogen-bond donors (Lipinski definition) is 2. The zero-order valence-corrected chi connectivity index (χ0v) is 13.4. The summed E-state index contributed by atoms with van der Waals surface area (Å²) in [6.07, 6.45) is 5.20. The smallest absolute Gasteiger partial charge is 0.254 e. The van der Waals surface area contributed by atoms with Gasteiger partial charge in [-0.15, -0.1) is 0 Å². The Bertz CT molecular complexity index is 802. The Morgan fingerprint density at radius 2 is 1.88 bits per heavy atom. The summed E-state index contributed by atoms with van der Waals surface area (Å²) in [5.41, 5.74) is 1.39. The molecule has 1 amide bonds. The zero-order chi connectivity index (χ0) is 17.5. The lowest BCUT2D eigenvalue weighted by molar-refractivity contribution is 0.0947. The van der Waals surface area contributed by atoms with Gasteiger partial charge in [0.05, 0.1) is 18.4 Å².